The second-order valence-corrected chi connectivity index (χ2v) is 11.6. The van der Waals surface area contributed by atoms with Gasteiger partial charge in [0.25, 0.3) is 0 Å². The third-order valence-corrected chi connectivity index (χ3v) is 10.3. The summed E-state index contributed by atoms with van der Waals surface area (Å²) < 4.78 is 5.56. The number of ketones is 2. The predicted molar refractivity (Wildman–Crippen MR) is 113 cm³/mol. The number of ether oxygens (including phenoxy) is 1. The van der Waals surface area contributed by atoms with E-state index < -0.39 is 5.41 Å². The van der Waals surface area contributed by atoms with Gasteiger partial charge in [0.1, 0.15) is 11.9 Å². The highest BCUT2D eigenvalue weighted by Crippen LogP contribution is 2.68. The summed E-state index contributed by atoms with van der Waals surface area (Å²) in [6.45, 7) is 8.12. The Bertz CT molecular complexity index is 827. The second kappa shape index (κ2) is 6.77. The van der Waals surface area contributed by atoms with Crippen LogP contribution in [0, 0.1) is 46.3 Å². The summed E-state index contributed by atoms with van der Waals surface area (Å²) in [6, 6.07) is 0. The van der Waals surface area contributed by atoms with Gasteiger partial charge in [-0.05, 0) is 93.0 Å². The number of fused-ring (bicyclic) bond motifs is 7. The summed E-state index contributed by atoms with van der Waals surface area (Å²) in [6.07, 6.45) is 9.76. The summed E-state index contributed by atoms with van der Waals surface area (Å²) in [5.74, 6) is 2.50. The Kier molecular flexibility index (Phi) is 4.62. The summed E-state index contributed by atoms with van der Waals surface area (Å²) in [5.41, 5.74) is 0.882. The molecular formula is C26H36O4. The molecule has 0 radical (unpaired) electrons. The first kappa shape index (κ1) is 20.5. The molecule has 30 heavy (non-hydrogen) atoms. The summed E-state index contributed by atoms with van der Waals surface area (Å²) in [7, 11) is 0. The van der Waals surface area contributed by atoms with Crippen molar-refractivity contribution in [2.24, 2.45) is 46.3 Å². The van der Waals surface area contributed by atoms with Gasteiger partial charge in [-0.25, -0.2) is 0 Å². The zero-order chi connectivity index (χ0) is 21.4. The topological polar surface area (TPSA) is 60.4 Å². The number of Topliss-reactive ketones (excluding diaryl/α,β-unsaturated/α-hetero) is 1. The van der Waals surface area contributed by atoms with Crippen molar-refractivity contribution in [3.05, 3.63) is 11.6 Å². The van der Waals surface area contributed by atoms with Gasteiger partial charge in [0.15, 0.2) is 5.78 Å². The SMILES string of the molecule is CC(=O)O[C@H]1CC[C@@]2(C)[C@H](CC[C@@H]3[C@@H]2CC(=O)[C@@]2(C)[C@H]3C[C@@H]3CC(C)=CC(=O)[C@@H]32)C1. The lowest BCUT2D eigenvalue weighted by Gasteiger charge is -2.60. The Morgan fingerprint density at radius 3 is 2.57 bits per heavy atom. The van der Waals surface area contributed by atoms with Crippen molar-refractivity contribution in [3.63, 3.8) is 0 Å². The van der Waals surface area contributed by atoms with Crippen molar-refractivity contribution in [1.82, 2.24) is 0 Å². The van der Waals surface area contributed by atoms with Crippen LogP contribution in [-0.4, -0.2) is 23.6 Å². The van der Waals surface area contributed by atoms with E-state index in [1.165, 1.54) is 12.5 Å². The lowest BCUT2D eigenvalue weighted by atomic mass is 9.44. The average Bonchev–Trinajstić information content (AvgIpc) is 2.96. The van der Waals surface area contributed by atoms with Crippen LogP contribution in [0.4, 0.5) is 0 Å². The highest BCUT2D eigenvalue weighted by atomic mass is 16.5. The number of carbonyl (C=O) groups is 3. The van der Waals surface area contributed by atoms with E-state index >= 15 is 0 Å². The first-order chi connectivity index (χ1) is 14.1. The van der Waals surface area contributed by atoms with E-state index in [-0.39, 0.29) is 29.2 Å². The highest BCUT2D eigenvalue weighted by molar-refractivity contribution is 6.00. The van der Waals surface area contributed by atoms with Crippen molar-refractivity contribution in [2.45, 2.75) is 85.2 Å². The molecule has 5 aliphatic carbocycles. The maximum absolute atomic E-state index is 13.7. The molecule has 0 amide bonds. The molecule has 4 nitrogen and oxygen atoms in total. The summed E-state index contributed by atoms with van der Waals surface area (Å²) >= 11 is 0. The maximum atomic E-state index is 13.7. The molecule has 0 aromatic rings. The van der Waals surface area contributed by atoms with Gasteiger partial charge in [-0.15, -0.1) is 0 Å². The van der Waals surface area contributed by atoms with Gasteiger partial charge in [-0.2, -0.15) is 0 Å². The third kappa shape index (κ3) is 2.74. The average molecular weight is 413 g/mol. The van der Waals surface area contributed by atoms with Crippen LogP contribution >= 0.6 is 0 Å². The molecule has 0 spiro atoms. The standard InChI is InChI=1S/C26H36O4/c1-14-9-16-11-21-19-6-5-17-12-18(30-15(2)27)7-8-25(17,3)20(19)13-23(29)26(21,4)24(16)22(28)10-14/h10,16-21,24H,5-9,11-13H2,1-4H3/t16-,17+,18-,19+,20-,21-,24+,25-,26+/m0/s1. The predicted octanol–water partition coefficient (Wildman–Crippen LogP) is 4.90. The zero-order valence-electron chi connectivity index (χ0n) is 18.9. The van der Waals surface area contributed by atoms with E-state index in [0.717, 1.165) is 44.9 Å². The van der Waals surface area contributed by atoms with Crippen LogP contribution in [0.3, 0.4) is 0 Å². The van der Waals surface area contributed by atoms with Crippen molar-refractivity contribution >= 4 is 17.5 Å². The molecule has 9 atom stereocenters. The van der Waals surface area contributed by atoms with Crippen LogP contribution in [0.2, 0.25) is 0 Å². The molecule has 0 aromatic heterocycles. The Balaban J connectivity index is 1.43. The maximum Gasteiger partial charge on any atom is 0.302 e. The Labute approximate surface area is 180 Å². The van der Waals surface area contributed by atoms with Gasteiger partial charge in [0.05, 0.1) is 0 Å². The first-order valence-corrected chi connectivity index (χ1v) is 12.1. The molecule has 4 saturated carbocycles. The van der Waals surface area contributed by atoms with Gasteiger partial charge >= 0.3 is 5.97 Å². The van der Waals surface area contributed by atoms with E-state index in [1.54, 1.807) is 0 Å². The molecule has 0 N–H and O–H groups in total. The van der Waals surface area contributed by atoms with Crippen LogP contribution in [0.5, 0.6) is 0 Å². The van der Waals surface area contributed by atoms with Crippen LogP contribution in [0.1, 0.15) is 79.1 Å². The van der Waals surface area contributed by atoms with Crippen LogP contribution in [-0.2, 0) is 19.1 Å². The fourth-order valence-corrected chi connectivity index (χ4v) is 8.99. The third-order valence-electron chi connectivity index (χ3n) is 10.3. The van der Waals surface area contributed by atoms with Crippen molar-refractivity contribution in [1.29, 1.82) is 0 Å². The molecule has 0 heterocycles. The van der Waals surface area contributed by atoms with Gasteiger partial charge in [0.2, 0.25) is 0 Å². The Hall–Kier alpha value is -1.45. The van der Waals surface area contributed by atoms with Crippen LogP contribution in [0.15, 0.2) is 11.6 Å². The molecule has 5 rings (SSSR count). The molecule has 0 saturated heterocycles. The van der Waals surface area contributed by atoms with E-state index in [9.17, 15) is 14.4 Å². The van der Waals surface area contributed by atoms with Crippen molar-refractivity contribution in [2.75, 3.05) is 0 Å². The highest BCUT2D eigenvalue weighted by Gasteiger charge is 2.67. The van der Waals surface area contributed by atoms with E-state index in [4.69, 9.17) is 4.74 Å². The molecule has 5 aliphatic rings. The minimum absolute atomic E-state index is 0.0442. The number of carbonyl (C=O) groups excluding carboxylic acids is 3. The minimum atomic E-state index is -0.460. The smallest absolute Gasteiger partial charge is 0.302 e. The van der Waals surface area contributed by atoms with E-state index in [2.05, 4.69) is 20.8 Å². The quantitative estimate of drug-likeness (QED) is 0.575. The fraction of sp³-hybridized carbons (Fsp3) is 0.808. The van der Waals surface area contributed by atoms with E-state index in [0.29, 0.717) is 41.8 Å². The minimum Gasteiger partial charge on any atom is -0.463 e. The molecule has 0 bridgehead atoms. The van der Waals surface area contributed by atoms with Crippen LogP contribution in [0.25, 0.3) is 0 Å². The van der Waals surface area contributed by atoms with E-state index in [1.807, 2.05) is 6.08 Å². The van der Waals surface area contributed by atoms with Crippen molar-refractivity contribution in [3.8, 4) is 0 Å². The van der Waals surface area contributed by atoms with Gasteiger partial charge in [0, 0.05) is 24.7 Å². The monoisotopic (exact) mass is 412 g/mol. The van der Waals surface area contributed by atoms with Gasteiger partial charge in [-0.3, -0.25) is 14.4 Å². The zero-order valence-corrected chi connectivity index (χ0v) is 18.9. The largest absolute Gasteiger partial charge is 0.463 e. The van der Waals surface area contributed by atoms with Gasteiger partial charge in [-0.1, -0.05) is 19.4 Å². The summed E-state index contributed by atoms with van der Waals surface area (Å²) in [5, 5.41) is 0. The van der Waals surface area contributed by atoms with Gasteiger partial charge < -0.3 is 4.74 Å². The number of esters is 1. The fourth-order valence-electron chi connectivity index (χ4n) is 8.99. The Morgan fingerprint density at radius 2 is 1.83 bits per heavy atom. The lowest BCUT2D eigenvalue weighted by molar-refractivity contribution is -0.167. The molecule has 4 heteroatoms. The number of allylic oxidation sites excluding steroid dienone is 2. The molecular weight excluding hydrogens is 376 g/mol. The normalized spacial score (nSPS) is 50.0. The molecule has 0 aliphatic heterocycles. The second-order valence-electron chi connectivity index (χ2n) is 11.6. The molecule has 164 valence electrons. The lowest BCUT2D eigenvalue weighted by Crippen LogP contribution is -2.57. The molecule has 4 fully saturated rings. The number of hydrogen-bond donors (Lipinski definition) is 0. The number of rotatable bonds is 1. The van der Waals surface area contributed by atoms with Crippen molar-refractivity contribution < 1.29 is 19.1 Å². The molecule has 0 unspecified atom stereocenters. The molecule has 0 aromatic carbocycles. The van der Waals surface area contributed by atoms with Crippen LogP contribution < -0.4 is 0 Å². The first-order valence-electron chi connectivity index (χ1n) is 12.1. The number of hydrogen-bond acceptors (Lipinski definition) is 4. The summed E-state index contributed by atoms with van der Waals surface area (Å²) in [4.78, 5) is 38.2. The Morgan fingerprint density at radius 1 is 1.07 bits per heavy atom.